The molecule has 0 radical (unpaired) electrons. The van der Waals surface area contributed by atoms with Crippen LogP contribution in [-0.2, 0) is 4.79 Å². The Labute approximate surface area is 151 Å². The molecule has 0 spiro atoms. The lowest BCUT2D eigenvalue weighted by molar-refractivity contribution is -0.117. The fourth-order valence-electron chi connectivity index (χ4n) is 2.75. The number of hydrogen-bond donors (Lipinski definition) is 2. The SMILES string of the molecule is Cl.NCCC1CCCN(CC(=O)Nc2ccc(Br)cc2Cl)C1. The molecule has 0 saturated carbocycles. The molecule has 4 nitrogen and oxygen atoms in total. The van der Waals surface area contributed by atoms with Gasteiger partial charge < -0.3 is 11.1 Å². The van der Waals surface area contributed by atoms with E-state index >= 15 is 0 Å². The number of nitrogens with two attached hydrogens (primary N) is 1. The molecule has 1 aromatic rings. The van der Waals surface area contributed by atoms with Crippen LogP contribution in [0, 0.1) is 5.92 Å². The Kier molecular flexibility index (Phi) is 8.72. The minimum Gasteiger partial charge on any atom is -0.330 e. The lowest BCUT2D eigenvalue weighted by Gasteiger charge is -2.32. The largest absolute Gasteiger partial charge is 0.330 e. The summed E-state index contributed by atoms with van der Waals surface area (Å²) >= 11 is 9.46. The van der Waals surface area contributed by atoms with E-state index in [-0.39, 0.29) is 18.3 Å². The number of carbonyl (C=O) groups excluding carboxylic acids is 1. The van der Waals surface area contributed by atoms with Gasteiger partial charge in [-0.3, -0.25) is 9.69 Å². The van der Waals surface area contributed by atoms with Crippen molar-refractivity contribution in [2.45, 2.75) is 19.3 Å². The van der Waals surface area contributed by atoms with Crippen molar-refractivity contribution in [3.05, 3.63) is 27.7 Å². The Morgan fingerprint density at radius 3 is 2.95 bits per heavy atom. The maximum absolute atomic E-state index is 12.1. The number of benzene rings is 1. The minimum absolute atomic E-state index is 0. The van der Waals surface area contributed by atoms with Crippen LogP contribution < -0.4 is 11.1 Å². The molecule has 0 aromatic heterocycles. The number of hydrogen-bond acceptors (Lipinski definition) is 3. The molecular weight excluding hydrogens is 389 g/mol. The first-order chi connectivity index (χ1) is 10.1. The number of carbonyl (C=O) groups is 1. The molecular formula is C15H22BrCl2N3O. The topological polar surface area (TPSA) is 58.4 Å². The van der Waals surface area contributed by atoms with Crippen LogP contribution in [0.15, 0.2) is 22.7 Å². The van der Waals surface area contributed by atoms with Gasteiger partial charge >= 0.3 is 0 Å². The predicted octanol–water partition coefficient (Wildman–Crippen LogP) is 3.52. The molecule has 124 valence electrons. The van der Waals surface area contributed by atoms with Crippen molar-refractivity contribution in [3.63, 3.8) is 0 Å². The smallest absolute Gasteiger partial charge is 0.238 e. The average Bonchev–Trinajstić information content (AvgIpc) is 2.43. The van der Waals surface area contributed by atoms with E-state index in [2.05, 4.69) is 26.1 Å². The van der Waals surface area contributed by atoms with Crippen LogP contribution in [0.2, 0.25) is 5.02 Å². The summed E-state index contributed by atoms with van der Waals surface area (Å²) in [7, 11) is 0. The molecule has 1 unspecified atom stereocenters. The van der Waals surface area contributed by atoms with Gasteiger partial charge in [-0.1, -0.05) is 27.5 Å². The first-order valence-electron chi connectivity index (χ1n) is 7.26. The molecule has 0 aliphatic carbocycles. The molecule has 3 N–H and O–H groups in total. The molecule has 7 heteroatoms. The molecule has 1 aliphatic rings. The Hall–Kier alpha value is -0.330. The van der Waals surface area contributed by atoms with Gasteiger partial charge in [0.2, 0.25) is 5.91 Å². The van der Waals surface area contributed by atoms with Crippen LogP contribution in [0.4, 0.5) is 5.69 Å². The third kappa shape index (κ3) is 6.05. The van der Waals surface area contributed by atoms with Crippen LogP contribution >= 0.6 is 39.9 Å². The molecule has 1 amide bonds. The number of likely N-dealkylation sites (tertiary alicyclic amines) is 1. The van der Waals surface area contributed by atoms with Crippen molar-refractivity contribution >= 4 is 51.5 Å². The minimum atomic E-state index is -0.0207. The van der Waals surface area contributed by atoms with Gasteiger partial charge in [0.25, 0.3) is 0 Å². The molecule has 1 fully saturated rings. The molecule has 1 aliphatic heterocycles. The summed E-state index contributed by atoms with van der Waals surface area (Å²) in [6.07, 6.45) is 3.39. The summed E-state index contributed by atoms with van der Waals surface area (Å²) in [6, 6.07) is 5.44. The van der Waals surface area contributed by atoms with Crippen LogP contribution in [0.1, 0.15) is 19.3 Å². The number of anilines is 1. The van der Waals surface area contributed by atoms with Gasteiger partial charge in [0.15, 0.2) is 0 Å². The summed E-state index contributed by atoms with van der Waals surface area (Å²) in [5, 5.41) is 3.41. The van der Waals surface area contributed by atoms with E-state index in [0.29, 0.717) is 23.2 Å². The first-order valence-corrected chi connectivity index (χ1v) is 8.43. The summed E-state index contributed by atoms with van der Waals surface area (Å²) in [6.45, 7) is 3.06. The van der Waals surface area contributed by atoms with Crippen molar-refractivity contribution in [3.8, 4) is 0 Å². The summed E-state index contributed by atoms with van der Waals surface area (Å²) in [4.78, 5) is 14.3. The molecule has 2 rings (SSSR count). The lowest BCUT2D eigenvalue weighted by atomic mass is 9.95. The molecule has 22 heavy (non-hydrogen) atoms. The standard InChI is InChI=1S/C15H21BrClN3O.ClH/c16-12-3-4-14(13(17)8-12)19-15(21)10-20-7-1-2-11(9-20)5-6-18;/h3-4,8,11H,1-2,5-7,9-10,18H2,(H,19,21);1H. The van der Waals surface area contributed by atoms with Gasteiger partial charge in [0, 0.05) is 11.0 Å². The van der Waals surface area contributed by atoms with Crippen LogP contribution in [0.3, 0.4) is 0 Å². The van der Waals surface area contributed by atoms with E-state index in [1.54, 1.807) is 12.1 Å². The average molecular weight is 411 g/mol. The quantitative estimate of drug-likeness (QED) is 0.780. The number of piperidine rings is 1. The van der Waals surface area contributed by atoms with E-state index in [9.17, 15) is 4.79 Å². The van der Waals surface area contributed by atoms with E-state index in [4.69, 9.17) is 17.3 Å². The predicted molar refractivity (Wildman–Crippen MR) is 97.9 cm³/mol. The summed E-state index contributed by atoms with van der Waals surface area (Å²) < 4.78 is 0.895. The van der Waals surface area contributed by atoms with Crippen LogP contribution in [-0.4, -0.2) is 37.0 Å². The number of halogens is 3. The van der Waals surface area contributed by atoms with Crippen LogP contribution in [0.25, 0.3) is 0 Å². The molecule has 1 saturated heterocycles. The highest BCUT2D eigenvalue weighted by molar-refractivity contribution is 9.10. The highest BCUT2D eigenvalue weighted by atomic mass is 79.9. The second kappa shape index (κ2) is 9.73. The monoisotopic (exact) mass is 409 g/mol. The van der Waals surface area contributed by atoms with Crippen molar-refractivity contribution in [1.29, 1.82) is 0 Å². The van der Waals surface area contributed by atoms with E-state index < -0.39 is 0 Å². The van der Waals surface area contributed by atoms with Crippen LogP contribution in [0.5, 0.6) is 0 Å². The number of rotatable bonds is 5. The zero-order valence-electron chi connectivity index (χ0n) is 12.4. The van der Waals surface area contributed by atoms with E-state index in [0.717, 1.165) is 36.9 Å². The van der Waals surface area contributed by atoms with Gasteiger partial charge in [-0.15, -0.1) is 12.4 Å². The van der Waals surface area contributed by atoms with E-state index in [1.165, 1.54) is 6.42 Å². The zero-order chi connectivity index (χ0) is 15.2. The summed E-state index contributed by atoms with van der Waals surface area (Å²) in [5.74, 6) is 0.598. The molecule has 1 heterocycles. The maximum Gasteiger partial charge on any atom is 0.238 e. The maximum atomic E-state index is 12.1. The van der Waals surface area contributed by atoms with Gasteiger partial charge in [0.1, 0.15) is 0 Å². The molecule has 0 bridgehead atoms. The van der Waals surface area contributed by atoms with Gasteiger partial charge in [-0.2, -0.15) is 0 Å². The van der Waals surface area contributed by atoms with Crippen molar-refractivity contribution in [2.75, 3.05) is 31.5 Å². The van der Waals surface area contributed by atoms with Gasteiger partial charge in [-0.05, 0) is 56.5 Å². The van der Waals surface area contributed by atoms with E-state index in [1.807, 2.05) is 6.07 Å². The normalized spacial score (nSPS) is 18.6. The highest BCUT2D eigenvalue weighted by Gasteiger charge is 2.21. The fourth-order valence-corrected chi connectivity index (χ4v) is 3.47. The van der Waals surface area contributed by atoms with Crippen molar-refractivity contribution in [1.82, 2.24) is 4.90 Å². The summed E-state index contributed by atoms with van der Waals surface area (Å²) in [5.41, 5.74) is 6.27. The number of amides is 1. The highest BCUT2D eigenvalue weighted by Crippen LogP contribution is 2.25. The third-order valence-corrected chi connectivity index (χ3v) is 4.56. The number of nitrogens with one attached hydrogen (secondary N) is 1. The first kappa shape index (κ1) is 19.7. The lowest BCUT2D eigenvalue weighted by Crippen LogP contribution is -2.40. The third-order valence-electron chi connectivity index (χ3n) is 3.75. The Morgan fingerprint density at radius 1 is 1.50 bits per heavy atom. The Morgan fingerprint density at radius 2 is 2.27 bits per heavy atom. The van der Waals surface area contributed by atoms with Gasteiger partial charge in [0.05, 0.1) is 17.3 Å². The fraction of sp³-hybridized carbons (Fsp3) is 0.533. The number of nitrogens with zero attached hydrogens (tertiary/aromatic N) is 1. The van der Waals surface area contributed by atoms with Crippen molar-refractivity contribution < 1.29 is 4.79 Å². The second-order valence-electron chi connectivity index (χ2n) is 5.49. The zero-order valence-corrected chi connectivity index (χ0v) is 15.5. The molecule has 1 aromatic carbocycles. The second-order valence-corrected chi connectivity index (χ2v) is 6.82. The van der Waals surface area contributed by atoms with Crippen molar-refractivity contribution in [2.24, 2.45) is 11.7 Å². The Balaban J connectivity index is 0.00000242. The van der Waals surface area contributed by atoms with Gasteiger partial charge in [-0.25, -0.2) is 0 Å². The Bertz CT molecular complexity index is 500. The molecule has 1 atom stereocenters.